The molecule has 0 atom stereocenters. The monoisotopic (exact) mass is 301 g/mol. The molecule has 1 aliphatic heterocycles. The number of pyridine rings is 1. The molecule has 0 amide bonds. The first kappa shape index (κ1) is 13.8. The van der Waals surface area contributed by atoms with Gasteiger partial charge in [-0.25, -0.2) is 9.37 Å². The number of benzene rings is 1. The summed E-state index contributed by atoms with van der Waals surface area (Å²) in [7, 11) is 0. The molecule has 0 saturated carbocycles. The van der Waals surface area contributed by atoms with Gasteiger partial charge in [-0.3, -0.25) is 0 Å². The largest absolute Gasteiger partial charge is 0.339 e. The SMILES string of the molecule is CC1(C)CN(c2ccc(Cl)c(F)c2)c2ccc(C#N)nc21. The lowest BCUT2D eigenvalue weighted by atomic mass is 9.91. The van der Waals surface area contributed by atoms with Crippen LogP contribution in [0.3, 0.4) is 0 Å². The Labute approximate surface area is 127 Å². The average molecular weight is 302 g/mol. The fraction of sp³-hybridized carbons (Fsp3) is 0.250. The third kappa shape index (κ3) is 2.24. The zero-order valence-electron chi connectivity index (χ0n) is 11.7. The van der Waals surface area contributed by atoms with Crippen molar-refractivity contribution in [2.75, 3.05) is 11.4 Å². The van der Waals surface area contributed by atoms with Crippen molar-refractivity contribution in [2.45, 2.75) is 19.3 Å². The zero-order chi connectivity index (χ0) is 15.2. The van der Waals surface area contributed by atoms with Gasteiger partial charge in [0.1, 0.15) is 17.6 Å². The van der Waals surface area contributed by atoms with E-state index < -0.39 is 5.82 Å². The minimum atomic E-state index is -0.443. The lowest BCUT2D eigenvalue weighted by molar-refractivity contribution is 0.552. The van der Waals surface area contributed by atoms with Crippen molar-refractivity contribution < 1.29 is 4.39 Å². The summed E-state index contributed by atoms with van der Waals surface area (Å²) < 4.78 is 13.7. The Bertz CT molecular complexity index is 765. The molecule has 21 heavy (non-hydrogen) atoms. The van der Waals surface area contributed by atoms with Crippen LogP contribution in [0.25, 0.3) is 0 Å². The molecule has 0 unspecified atom stereocenters. The van der Waals surface area contributed by atoms with Crippen molar-refractivity contribution in [3.05, 3.63) is 52.6 Å². The van der Waals surface area contributed by atoms with Crippen LogP contribution >= 0.6 is 11.6 Å². The quantitative estimate of drug-likeness (QED) is 0.793. The number of nitriles is 1. The van der Waals surface area contributed by atoms with Crippen LogP contribution in [0, 0.1) is 17.1 Å². The summed E-state index contributed by atoms with van der Waals surface area (Å²) in [6.45, 7) is 4.80. The molecule has 1 aromatic carbocycles. The normalized spacial score (nSPS) is 15.7. The molecule has 0 saturated heterocycles. The molecular weight excluding hydrogens is 289 g/mol. The van der Waals surface area contributed by atoms with E-state index in [1.54, 1.807) is 18.2 Å². The molecule has 0 fully saturated rings. The molecular formula is C16H13ClFN3. The van der Waals surface area contributed by atoms with Gasteiger partial charge in [0.15, 0.2) is 0 Å². The van der Waals surface area contributed by atoms with E-state index in [4.69, 9.17) is 16.9 Å². The van der Waals surface area contributed by atoms with Crippen molar-refractivity contribution in [2.24, 2.45) is 0 Å². The predicted octanol–water partition coefficient (Wildman–Crippen LogP) is 4.18. The highest BCUT2D eigenvalue weighted by Crippen LogP contribution is 2.43. The summed E-state index contributed by atoms with van der Waals surface area (Å²) in [6, 6.07) is 10.4. The van der Waals surface area contributed by atoms with E-state index in [9.17, 15) is 4.39 Å². The topological polar surface area (TPSA) is 39.9 Å². The standard InChI is InChI=1S/C16H13ClFN3/c1-16(2)9-21(11-4-5-12(17)13(18)7-11)14-6-3-10(8-19)20-15(14)16/h3-7H,9H2,1-2H3. The maximum Gasteiger partial charge on any atom is 0.143 e. The first-order valence-corrected chi connectivity index (χ1v) is 6.94. The minimum Gasteiger partial charge on any atom is -0.339 e. The summed E-state index contributed by atoms with van der Waals surface area (Å²) in [5.74, 6) is -0.443. The second kappa shape index (κ2) is 4.71. The number of anilines is 2. The number of hydrogen-bond acceptors (Lipinski definition) is 3. The van der Waals surface area contributed by atoms with Crippen molar-refractivity contribution >= 4 is 23.0 Å². The van der Waals surface area contributed by atoms with E-state index in [0.29, 0.717) is 12.2 Å². The van der Waals surface area contributed by atoms with Crippen LogP contribution in [0.5, 0.6) is 0 Å². The van der Waals surface area contributed by atoms with Crippen LogP contribution < -0.4 is 4.90 Å². The Balaban J connectivity index is 2.12. The van der Waals surface area contributed by atoms with Crippen molar-refractivity contribution in [1.29, 1.82) is 5.26 Å². The van der Waals surface area contributed by atoms with E-state index in [-0.39, 0.29) is 10.4 Å². The molecule has 2 heterocycles. The lowest BCUT2D eigenvalue weighted by Crippen LogP contribution is -2.25. The molecule has 0 spiro atoms. The maximum atomic E-state index is 13.7. The van der Waals surface area contributed by atoms with Gasteiger partial charge in [-0.2, -0.15) is 5.26 Å². The smallest absolute Gasteiger partial charge is 0.143 e. The molecule has 1 aromatic heterocycles. The Hall–Kier alpha value is -2.12. The van der Waals surface area contributed by atoms with Gasteiger partial charge in [0.25, 0.3) is 0 Å². The van der Waals surface area contributed by atoms with Gasteiger partial charge in [0.05, 0.1) is 16.4 Å². The van der Waals surface area contributed by atoms with Gasteiger partial charge in [-0.1, -0.05) is 25.4 Å². The Kier molecular flexibility index (Phi) is 3.11. The van der Waals surface area contributed by atoms with Crippen molar-refractivity contribution in [1.82, 2.24) is 4.98 Å². The van der Waals surface area contributed by atoms with Gasteiger partial charge < -0.3 is 4.90 Å². The average Bonchev–Trinajstić information content (AvgIpc) is 2.73. The summed E-state index contributed by atoms with van der Waals surface area (Å²) in [5.41, 5.74) is 2.68. The highest BCUT2D eigenvalue weighted by atomic mass is 35.5. The number of aromatic nitrogens is 1. The Morgan fingerprint density at radius 1 is 1.33 bits per heavy atom. The van der Waals surface area contributed by atoms with Crippen molar-refractivity contribution in [3.63, 3.8) is 0 Å². The van der Waals surface area contributed by atoms with E-state index in [1.165, 1.54) is 6.07 Å². The van der Waals surface area contributed by atoms with Crippen LogP contribution in [0.15, 0.2) is 30.3 Å². The van der Waals surface area contributed by atoms with E-state index in [2.05, 4.69) is 24.9 Å². The molecule has 2 aromatic rings. The number of halogens is 2. The molecule has 0 aliphatic carbocycles. The summed E-state index contributed by atoms with van der Waals surface area (Å²) in [4.78, 5) is 6.42. The first-order chi connectivity index (χ1) is 9.92. The second-order valence-electron chi connectivity index (χ2n) is 5.74. The fourth-order valence-corrected chi connectivity index (χ4v) is 2.79. The van der Waals surface area contributed by atoms with E-state index in [1.807, 2.05) is 11.0 Å². The highest BCUT2D eigenvalue weighted by Gasteiger charge is 2.37. The van der Waals surface area contributed by atoms with E-state index >= 15 is 0 Å². The molecule has 106 valence electrons. The van der Waals surface area contributed by atoms with Gasteiger partial charge in [-0.15, -0.1) is 0 Å². The van der Waals surface area contributed by atoms with Crippen molar-refractivity contribution in [3.8, 4) is 6.07 Å². The van der Waals surface area contributed by atoms with Gasteiger partial charge >= 0.3 is 0 Å². The van der Waals surface area contributed by atoms with Crippen LogP contribution in [0.2, 0.25) is 5.02 Å². The summed E-state index contributed by atoms with van der Waals surface area (Å²) in [6.07, 6.45) is 0. The third-order valence-corrected chi connectivity index (χ3v) is 4.00. The van der Waals surface area contributed by atoms with Crippen LogP contribution in [-0.2, 0) is 5.41 Å². The minimum absolute atomic E-state index is 0.107. The highest BCUT2D eigenvalue weighted by molar-refractivity contribution is 6.30. The van der Waals surface area contributed by atoms with Crippen LogP contribution in [0.4, 0.5) is 15.8 Å². The van der Waals surface area contributed by atoms with Crippen LogP contribution in [0.1, 0.15) is 25.2 Å². The third-order valence-electron chi connectivity index (χ3n) is 3.69. The lowest BCUT2D eigenvalue weighted by Gasteiger charge is -2.22. The van der Waals surface area contributed by atoms with Gasteiger partial charge in [0.2, 0.25) is 0 Å². The molecule has 5 heteroatoms. The van der Waals surface area contributed by atoms with E-state index in [0.717, 1.165) is 17.1 Å². The van der Waals surface area contributed by atoms with Gasteiger partial charge in [0, 0.05) is 17.6 Å². The number of hydrogen-bond donors (Lipinski definition) is 0. The number of fused-ring (bicyclic) bond motifs is 1. The zero-order valence-corrected chi connectivity index (χ0v) is 12.4. The molecule has 1 aliphatic rings. The first-order valence-electron chi connectivity index (χ1n) is 6.56. The molecule has 0 N–H and O–H groups in total. The number of rotatable bonds is 1. The second-order valence-corrected chi connectivity index (χ2v) is 6.15. The predicted molar refractivity (Wildman–Crippen MR) is 80.4 cm³/mol. The van der Waals surface area contributed by atoms with Crippen LogP contribution in [-0.4, -0.2) is 11.5 Å². The Morgan fingerprint density at radius 3 is 2.76 bits per heavy atom. The maximum absolute atomic E-state index is 13.7. The molecule has 0 bridgehead atoms. The fourth-order valence-electron chi connectivity index (χ4n) is 2.67. The summed E-state index contributed by atoms with van der Waals surface area (Å²) >= 11 is 5.74. The molecule has 3 nitrogen and oxygen atoms in total. The molecule has 3 rings (SSSR count). The number of nitrogens with zero attached hydrogens (tertiary/aromatic N) is 3. The molecule has 0 radical (unpaired) electrons. The van der Waals surface area contributed by atoms with Gasteiger partial charge in [-0.05, 0) is 30.3 Å². The Morgan fingerprint density at radius 2 is 2.10 bits per heavy atom. The summed E-state index contributed by atoms with van der Waals surface area (Å²) in [5, 5.41) is 9.11.